The van der Waals surface area contributed by atoms with E-state index in [2.05, 4.69) is 5.32 Å². The lowest BCUT2D eigenvalue weighted by molar-refractivity contribution is -0.140. The molecule has 0 fully saturated rings. The molecular weight excluding hydrogens is 665 g/mol. The maximum absolute atomic E-state index is 14.6. The van der Waals surface area contributed by atoms with Crippen molar-refractivity contribution >= 4 is 62.3 Å². The number of nitrogens with one attached hydrogen (secondary N) is 1. The molecule has 0 aliphatic rings. The minimum atomic E-state index is -4.25. The molecule has 0 aliphatic carbocycles. The van der Waals surface area contributed by atoms with Crippen LogP contribution in [0.2, 0.25) is 15.1 Å². The topological polar surface area (TPSA) is 86.8 Å². The Bertz CT molecular complexity index is 1760. The number of amides is 2. The standard InChI is InChI=1S/C35H36Cl3N3O4S/c1-3-4-19-39-35(43)33(20-26-11-7-5-8-12-26)40(23-27-16-18-28(36)21-31(27)38)34(42)24-41(32-22-29(37)17-15-25(32)2)46(44,45)30-13-9-6-10-14-30/h5-18,21-22,33H,3-4,19-20,23-24H2,1-2H3,(H,39,43)/t33-/m1/s1. The average molecular weight is 701 g/mol. The molecule has 0 bridgehead atoms. The molecule has 4 aromatic rings. The third-order valence-corrected chi connectivity index (χ3v) is 10.1. The van der Waals surface area contributed by atoms with E-state index in [1.807, 2.05) is 37.3 Å². The molecule has 0 radical (unpaired) electrons. The number of unbranched alkanes of at least 4 members (excludes halogenated alkanes) is 1. The number of sulfonamides is 1. The van der Waals surface area contributed by atoms with Crippen LogP contribution in [-0.2, 0) is 32.6 Å². The van der Waals surface area contributed by atoms with Crippen molar-refractivity contribution in [2.24, 2.45) is 0 Å². The summed E-state index contributed by atoms with van der Waals surface area (Å²) in [5, 5.41) is 4.01. The Balaban J connectivity index is 1.83. The van der Waals surface area contributed by atoms with Gasteiger partial charge in [0.2, 0.25) is 11.8 Å². The molecule has 1 atom stereocenters. The third kappa shape index (κ3) is 9.04. The summed E-state index contributed by atoms with van der Waals surface area (Å²) in [6.45, 7) is 3.53. The molecule has 1 N–H and O–H groups in total. The van der Waals surface area contributed by atoms with Gasteiger partial charge in [-0.1, -0.05) is 109 Å². The van der Waals surface area contributed by atoms with E-state index in [-0.39, 0.29) is 29.5 Å². The molecule has 242 valence electrons. The number of hydrogen-bond donors (Lipinski definition) is 1. The van der Waals surface area contributed by atoms with Crippen molar-refractivity contribution in [2.45, 2.75) is 50.6 Å². The zero-order valence-electron chi connectivity index (χ0n) is 25.6. The Labute approximate surface area is 286 Å². The number of carbonyl (C=O) groups is 2. The highest BCUT2D eigenvalue weighted by atomic mass is 35.5. The molecule has 46 heavy (non-hydrogen) atoms. The summed E-state index contributed by atoms with van der Waals surface area (Å²) < 4.78 is 29.4. The molecule has 4 aromatic carbocycles. The van der Waals surface area contributed by atoms with Crippen LogP contribution in [0.5, 0.6) is 0 Å². The first-order chi connectivity index (χ1) is 22.0. The van der Waals surface area contributed by atoms with E-state index in [9.17, 15) is 18.0 Å². The van der Waals surface area contributed by atoms with Gasteiger partial charge in [-0.2, -0.15) is 0 Å². The van der Waals surface area contributed by atoms with Gasteiger partial charge < -0.3 is 10.2 Å². The molecule has 0 aliphatic heterocycles. The largest absolute Gasteiger partial charge is 0.354 e. The number of rotatable bonds is 14. The van der Waals surface area contributed by atoms with Crippen LogP contribution in [-0.4, -0.2) is 44.3 Å². The van der Waals surface area contributed by atoms with Crippen molar-refractivity contribution in [1.82, 2.24) is 10.2 Å². The van der Waals surface area contributed by atoms with Gasteiger partial charge in [0.15, 0.2) is 0 Å². The quantitative estimate of drug-likeness (QED) is 0.137. The number of carbonyl (C=O) groups excluding carboxylic acids is 2. The van der Waals surface area contributed by atoms with E-state index < -0.39 is 28.5 Å². The van der Waals surface area contributed by atoms with Gasteiger partial charge in [0, 0.05) is 34.6 Å². The van der Waals surface area contributed by atoms with Crippen molar-refractivity contribution in [3.05, 3.63) is 129 Å². The Kier molecular flexibility index (Phi) is 12.5. The van der Waals surface area contributed by atoms with Gasteiger partial charge in [0.1, 0.15) is 12.6 Å². The van der Waals surface area contributed by atoms with Gasteiger partial charge >= 0.3 is 0 Å². The minimum Gasteiger partial charge on any atom is -0.354 e. The molecule has 0 spiro atoms. The van der Waals surface area contributed by atoms with Gasteiger partial charge in [-0.05, 0) is 66.4 Å². The van der Waals surface area contributed by atoms with Crippen molar-refractivity contribution in [3.8, 4) is 0 Å². The zero-order valence-corrected chi connectivity index (χ0v) is 28.7. The van der Waals surface area contributed by atoms with E-state index in [4.69, 9.17) is 34.8 Å². The summed E-state index contributed by atoms with van der Waals surface area (Å²) in [6.07, 6.45) is 1.83. The second-order valence-corrected chi connectivity index (χ2v) is 14.0. The van der Waals surface area contributed by atoms with Crippen molar-refractivity contribution < 1.29 is 18.0 Å². The highest BCUT2D eigenvalue weighted by Crippen LogP contribution is 2.31. The fourth-order valence-corrected chi connectivity index (χ4v) is 7.10. The summed E-state index contributed by atoms with van der Waals surface area (Å²) in [5.74, 6) is -0.955. The fraction of sp³-hybridized carbons (Fsp3) is 0.257. The highest BCUT2D eigenvalue weighted by Gasteiger charge is 2.35. The van der Waals surface area contributed by atoms with Gasteiger partial charge in [0.25, 0.3) is 10.0 Å². The molecule has 0 aromatic heterocycles. The lowest BCUT2D eigenvalue weighted by Gasteiger charge is -2.34. The van der Waals surface area contributed by atoms with Crippen LogP contribution in [0.25, 0.3) is 0 Å². The maximum Gasteiger partial charge on any atom is 0.264 e. The Morgan fingerprint density at radius 2 is 1.48 bits per heavy atom. The molecule has 0 saturated carbocycles. The number of nitrogens with zero attached hydrogens (tertiary/aromatic N) is 2. The van der Waals surface area contributed by atoms with E-state index in [0.29, 0.717) is 32.7 Å². The van der Waals surface area contributed by atoms with Crippen LogP contribution in [0.3, 0.4) is 0 Å². The van der Waals surface area contributed by atoms with Crippen molar-refractivity contribution in [1.29, 1.82) is 0 Å². The van der Waals surface area contributed by atoms with Crippen LogP contribution in [0.1, 0.15) is 36.5 Å². The molecule has 2 amide bonds. The number of benzene rings is 4. The smallest absolute Gasteiger partial charge is 0.264 e. The minimum absolute atomic E-state index is 0.00705. The van der Waals surface area contributed by atoms with Gasteiger partial charge in [-0.3, -0.25) is 13.9 Å². The molecule has 0 heterocycles. The van der Waals surface area contributed by atoms with E-state index in [1.165, 1.54) is 23.1 Å². The van der Waals surface area contributed by atoms with Gasteiger partial charge in [-0.25, -0.2) is 8.42 Å². The third-order valence-electron chi connectivity index (χ3n) is 7.51. The number of anilines is 1. The normalized spacial score (nSPS) is 11.9. The van der Waals surface area contributed by atoms with E-state index >= 15 is 0 Å². The summed E-state index contributed by atoms with van der Waals surface area (Å²) in [6, 6.07) is 26.0. The molecule has 11 heteroatoms. The first-order valence-corrected chi connectivity index (χ1v) is 17.5. The summed E-state index contributed by atoms with van der Waals surface area (Å²) in [5.41, 5.74) is 2.23. The van der Waals surface area contributed by atoms with Crippen LogP contribution in [0, 0.1) is 6.92 Å². The van der Waals surface area contributed by atoms with Gasteiger partial charge in [0.05, 0.1) is 10.6 Å². The van der Waals surface area contributed by atoms with Gasteiger partial charge in [-0.15, -0.1) is 0 Å². The first kappa shape index (κ1) is 35.3. The predicted octanol–water partition coefficient (Wildman–Crippen LogP) is 7.71. The SMILES string of the molecule is CCCCNC(=O)[C@@H](Cc1ccccc1)N(Cc1ccc(Cl)cc1Cl)C(=O)CN(c1cc(Cl)ccc1C)S(=O)(=O)c1ccccc1. The first-order valence-electron chi connectivity index (χ1n) is 14.9. The Morgan fingerprint density at radius 1 is 0.848 bits per heavy atom. The van der Waals surface area contributed by atoms with Crippen LogP contribution >= 0.6 is 34.8 Å². The predicted molar refractivity (Wildman–Crippen MR) is 186 cm³/mol. The second kappa shape index (κ2) is 16.3. The number of halogens is 3. The van der Waals surface area contributed by atoms with Crippen LogP contribution in [0.15, 0.2) is 102 Å². The van der Waals surface area contributed by atoms with Crippen LogP contribution in [0.4, 0.5) is 5.69 Å². The summed E-state index contributed by atoms with van der Waals surface area (Å²) >= 11 is 19.1. The zero-order chi connectivity index (χ0) is 33.3. The molecular formula is C35H36Cl3N3O4S. The molecule has 0 saturated heterocycles. The average Bonchev–Trinajstić information content (AvgIpc) is 3.04. The summed E-state index contributed by atoms with van der Waals surface area (Å²) in [7, 11) is -4.25. The number of aryl methyl sites for hydroxylation is 1. The van der Waals surface area contributed by atoms with E-state index in [1.54, 1.807) is 55.5 Å². The summed E-state index contributed by atoms with van der Waals surface area (Å²) in [4.78, 5) is 29.9. The van der Waals surface area contributed by atoms with Crippen molar-refractivity contribution in [3.63, 3.8) is 0 Å². The highest BCUT2D eigenvalue weighted by molar-refractivity contribution is 7.92. The molecule has 0 unspecified atom stereocenters. The fourth-order valence-electron chi connectivity index (χ4n) is 4.98. The molecule has 4 rings (SSSR count). The van der Waals surface area contributed by atoms with Crippen molar-refractivity contribution in [2.75, 3.05) is 17.4 Å². The number of hydrogen-bond acceptors (Lipinski definition) is 4. The Morgan fingerprint density at radius 3 is 2.13 bits per heavy atom. The second-order valence-electron chi connectivity index (χ2n) is 10.9. The van der Waals surface area contributed by atoms with E-state index in [0.717, 1.165) is 22.7 Å². The lowest BCUT2D eigenvalue weighted by atomic mass is 10.0. The lowest BCUT2D eigenvalue weighted by Crippen LogP contribution is -2.53. The molecule has 7 nitrogen and oxygen atoms in total. The maximum atomic E-state index is 14.6. The monoisotopic (exact) mass is 699 g/mol. The Hall–Kier alpha value is -3.56. The van der Waals surface area contributed by atoms with Crippen LogP contribution < -0.4 is 9.62 Å².